The standard InChI is InChI=1S/C30H33N3O2/c1-35-16-15-31-30(34)29-18-25(21-33(29)20-22-9-3-2-4-10-22)32-19-28-26-13-7-5-11-23(26)17-24-12-6-8-14-27(24)28/h2-14,17,25,29,32H,15-16,18-21H2,1H3,(H,31,34)/t25-,29-/m0/s1. The highest BCUT2D eigenvalue weighted by Crippen LogP contribution is 2.29. The molecule has 1 saturated heterocycles. The summed E-state index contributed by atoms with van der Waals surface area (Å²) in [7, 11) is 1.65. The van der Waals surface area contributed by atoms with Gasteiger partial charge in [-0.2, -0.15) is 0 Å². The molecule has 0 aliphatic carbocycles. The third-order valence-corrected chi connectivity index (χ3v) is 6.99. The number of hydrogen-bond acceptors (Lipinski definition) is 4. The van der Waals surface area contributed by atoms with Crippen molar-refractivity contribution in [1.82, 2.24) is 15.5 Å². The predicted molar refractivity (Wildman–Crippen MR) is 142 cm³/mol. The van der Waals surface area contributed by atoms with Crippen LogP contribution >= 0.6 is 0 Å². The lowest BCUT2D eigenvalue weighted by atomic mass is 9.96. The second-order valence-electron chi connectivity index (χ2n) is 9.33. The summed E-state index contributed by atoms with van der Waals surface area (Å²) in [5, 5.41) is 11.9. The van der Waals surface area contributed by atoms with Gasteiger partial charge in [0.2, 0.25) is 5.91 Å². The van der Waals surface area contributed by atoms with E-state index in [4.69, 9.17) is 4.74 Å². The van der Waals surface area contributed by atoms with Gasteiger partial charge in [0.1, 0.15) is 0 Å². The second-order valence-corrected chi connectivity index (χ2v) is 9.33. The molecule has 1 aliphatic heterocycles. The average molecular weight is 468 g/mol. The van der Waals surface area contributed by atoms with Crippen LogP contribution in [0.1, 0.15) is 17.5 Å². The zero-order chi connectivity index (χ0) is 24.0. The van der Waals surface area contributed by atoms with Gasteiger partial charge in [0.05, 0.1) is 12.6 Å². The first kappa shape index (κ1) is 23.5. The largest absolute Gasteiger partial charge is 0.383 e. The smallest absolute Gasteiger partial charge is 0.237 e. The summed E-state index contributed by atoms with van der Waals surface area (Å²) < 4.78 is 5.12. The molecule has 2 N–H and O–H groups in total. The minimum atomic E-state index is -0.158. The molecule has 1 heterocycles. The number of ether oxygens (including phenoxy) is 1. The van der Waals surface area contributed by atoms with Crippen LogP contribution in [0.15, 0.2) is 84.9 Å². The molecule has 35 heavy (non-hydrogen) atoms. The molecule has 1 aliphatic rings. The van der Waals surface area contributed by atoms with Crippen molar-refractivity contribution >= 4 is 27.5 Å². The third kappa shape index (κ3) is 5.38. The van der Waals surface area contributed by atoms with E-state index < -0.39 is 0 Å². The van der Waals surface area contributed by atoms with Gasteiger partial charge < -0.3 is 15.4 Å². The number of fused-ring (bicyclic) bond motifs is 2. The maximum atomic E-state index is 13.1. The third-order valence-electron chi connectivity index (χ3n) is 6.99. The number of carbonyl (C=O) groups excluding carboxylic acids is 1. The van der Waals surface area contributed by atoms with Gasteiger partial charge in [0.25, 0.3) is 0 Å². The number of benzene rings is 4. The number of amides is 1. The molecule has 4 aromatic rings. The summed E-state index contributed by atoms with van der Waals surface area (Å²) >= 11 is 0. The van der Waals surface area contributed by atoms with Gasteiger partial charge >= 0.3 is 0 Å². The van der Waals surface area contributed by atoms with Gasteiger partial charge in [-0.05, 0) is 45.2 Å². The zero-order valence-electron chi connectivity index (χ0n) is 20.2. The molecule has 0 spiro atoms. The minimum absolute atomic E-state index is 0.0814. The van der Waals surface area contributed by atoms with E-state index in [0.29, 0.717) is 13.2 Å². The number of nitrogens with one attached hydrogen (secondary N) is 2. The number of carbonyl (C=O) groups is 1. The second kappa shape index (κ2) is 11.0. The molecular formula is C30H33N3O2. The fourth-order valence-electron chi connectivity index (χ4n) is 5.26. The van der Waals surface area contributed by atoms with E-state index in [-0.39, 0.29) is 18.0 Å². The average Bonchev–Trinajstić information content (AvgIpc) is 3.29. The Kier molecular flexibility index (Phi) is 7.38. The van der Waals surface area contributed by atoms with E-state index in [1.807, 2.05) is 6.07 Å². The Hall–Kier alpha value is -3.25. The summed E-state index contributed by atoms with van der Waals surface area (Å²) in [5.74, 6) is 0.0814. The summed E-state index contributed by atoms with van der Waals surface area (Å²) in [6.07, 6.45) is 0.786. The quantitative estimate of drug-likeness (QED) is 0.281. The summed E-state index contributed by atoms with van der Waals surface area (Å²) in [6, 6.07) is 29.9. The molecule has 5 rings (SSSR count). The lowest BCUT2D eigenvalue weighted by Crippen LogP contribution is -2.43. The van der Waals surface area contributed by atoms with Crippen molar-refractivity contribution in [2.45, 2.75) is 31.6 Å². The zero-order valence-corrected chi connectivity index (χ0v) is 20.2. The first-order valence-electron chi connectivity index (χ1n) is 12.4. The van der Waals surface area contributed by atoms with Crippen molar-refractivity contribution in [3.05, 3.63) is 96.1 Å². The van der Waals surface area contributed by atoms with Gasteiger partial charge in [-0.1, -0.05) is 78.9 Å². The summed E-state index contributed by atoms with van der Waals surface area (Å²) in [6.45, 7) is 3.42. The van der Waals surface area contributed by atoms with Crippen molar-refractivity contribution in [2.24, 2.45) is 0 Å². The molecule has 1 amide bonds. The van der Waals surface area contributed by atoms with E-state index >= 15 is 0 Å². The van der Waals surface area contributed by atoms with Gasteiger partial charge in [0.15, 0.2) is 0 Å². The number of methoxy groups -OCH3 is 1. The van der Waals surface area contributed by atoms with E-state index in [1.54, 1.807) is 7.11 Å². The van der Waals surface area contributed by atoms with Crippen LogP contribution in [0.2, 0.25) is 0 Å². The SMILES string of the molecule is COCCNC(=O)[C@@H]1C[C@H](NCc2c3ccccc3cc3ccccc23)CN1Cc1ccccc1. The van der Waals surface area contributed by atoms with E-state index in [1.165, 1.54) is 32.7 Å². The Morgan fingerprint density at radius 3 is 2.29 bits per heavy atom. The van der Waals surface area contributed by atoms with Crippen LogP contribution in [0.25, 0.3) is 21.5 Å². The van der Waals surface area contributed by atoms with E-state index in [9.17, 15) is 4.79 Å². The Morgan fingerprint density at radius 2 is 1.60 bits per heavy atom. The van der Waals surface area contributed by atoms with Gasteiger partial charge in [-0.15, -0.1) is 0 Å². The Bertz CT molecular complexity index is 1240. The molecule has 2 atom stereocenters. The topological polar surface area (TPSA) is 53.6 Å². The predicted octanol–water partition coefficient (Wildman–Crippen LogP) is 4.49. The first-order chi connectivity index (χ1) is 17.2. The van der Waals surface area contributed by atoms with Crippen LogP contribution in [-0.4, -0.2) is 49.7 Å². The van der Waals surface area contributed by atoms with Crippen molar-refractivity contribution < 1.29 is 9.53 Å². The lowest BCUT2D eigenvalue weighted by Gasteiger charge is -2.23. The number of hydrogen-bond donors (Lipinski definition) is 2. The van der Waals surface area contributed by atoms with Crippen molar-refractivity contribution in [2.75, 3.05) is 26.8 Å². The molecule has 0 unspecified atom stereocenters. The Morgan fingerprint density at radius 1 is 0.943 bits per heavy atom. The molecule has 5 nitrogen and oxygen atoms in total. The normalized spacial score (nSPS) is 18.3. The van der Waals surface area contributed by atoms with Crippen LogP contribution in [0.4, 0.5) is 0 Å². The number of rotatable bonds is 9. The Balaban J connectivity index is 1.35. The molecule has 5 heteroatoms. The highest BCUT2D eigenvalue weighted by atomic mass is 16.5. The lowest BCUT2D eigenvalue weighted by molar-refractivity contribution is -0.125. The van der Waals surface area contributed by atoms with E-state index in [0.717, 1.165) is 26.1 Å². The van der Waals surface area contributed by atoms with Gasteiger partial charge in [-0.25, -0.2) is 0 Å². The fourth-order valence-corrected chi connectivity index (χ4v) is 5.26. The number of nitrogens with zero attached hydrogens (tertiary/aromatic N) is 1. The van der Waals surface area contributed by atoms with Crippen molar-refractivity contribution in [3.63, 3.8) is 0 Å². The Labute approximate surface area is 207 Å². The van der Waals surface area contributed by atoms with Crippen molar-refractivity contribution in [3.8, 4) is 0 Å². The molecule has 0 radical (unpaired) electrons. The van der Waals surface area contributed by atoms with Crippen LogP contribution in [-0.2, 0) is 22.6 Å². The molecular weight excluding hydrogens is 434 g/mol. The maximum Gasteiger partial charge on any atom is 0.237 e. The summed E-state index contributed by atoms with van der Waals surface area (Å²) in [4.78, 5) is 15.4. The highest BCUT2D eigenvalue weighted by molar-refractivity contribution is 6.02. The fraction of sp³-hybridized carbons (Fsp3) is 0.300. The monoisotopic (exact) mass is 467 g/mol. The van der Waals surface area contributed by atoms with Crippen LogP contribution < -0.4 is 10.6 Å². The first-order valence-corrected chi connectivity index (χ1v) is 12.4. The molecule has 0 aromatic heterocycles. The van der Waals surface area contributed by atoms with Gasteiger partial charge in [-0.3, -0.25) is 9.69 Å². The summed E-state index contributed by atoms with van der Waals surface area (Å²) in [5.41, 5.74) is 2.55. The maximum absolute atomic E-state index is 13.1. The molecule has 1 fully saturated rings. The van der Waals surface area contributed by atoms with Gasteiger partial charge in [0, 0.05) is 39.3 Å². The molecule has 0 bridgehead atoms. The highest BCUT2D eigenvalue weighted by Gasteiger charge is 2.36. The molecule has 4 aromatic carbocycles. The minimum Gasteiger partial charge on any atom is -0.383 e. The number of likely N-dealkylation sites (tertiary alicyclic amines) is 1. The van der Waals surface area contributed by atoms with Crippen molar-refractivity contribution in [1.29, 1.82) is 0 Å². The van der Waals surface area contributed by atoms with Crippen LogP contribution in [0, 0.1) is 0 Å². The molecule has 0 saturated carbocycles. The molecule has 180 valence electrons. The van der Waals surface area contributed by atoms with E-state index in [2.05, 4.69) is 94.4 Å². The van der Waals surface area contributed by atoms with Crippen LogP contribution in [0.3, 0.4) is 0 Å². The van der Waals surface area contributed by atoms with Crippen LogP contribution in [0.5, 0.6) is 0 Å².